The van der Waals surface area contributed by atoms with Gasteiger partial charge in [0.05, 0.1) is 23.4 Å². The monoisotopic (exact) mass is 719 g/mol. The highest BCUT2D eigenvalue weighted by molar-refractivity contribution is 5.95. The van der Waals surface area contributed by atoms with Gasteiger partial charge in [0, 0.05) is 17.8 Å². The summed E-state index contributed by atoms with van der Waals surface area (Å²) in [6, 6.07) is 0. The molecule has 0 bridgehead atoms. The van der Waals surface area contributed by atoms with Crippen molar-refractivity contribution in [3.63, 3.8) is 0 Å². The van der Waals surface area contributed by atoms with Crippen molar-refractivity contribution in [2.45, 2.75) is 218 Å². The predicted octanol–water partition coefficient (Wildman–Crippen LogP) is 7.89. The summed E-state index contributed by atoms with van der Waals surface area (Å²) in [4.78, 5) is 26.9. The number of carbonyl (C=O) groups excluding carboxylic acids is 2. The van der Waals surface area contributed by atoms with Crippen molar-refractivity contribution in [1.29, 1.82) is 0 Å². The molecule has 0 heterocycles. The SMILES string of the molecule is CCCCCCCCCCCCCCCC(=O)OC(CCC(C)(C)O)[C@](C)(O)[C@H]1CC[C@@]2(O)C3=CC(=O)[C@@H]4C[C@@H](O)[C@@H](O)C[C@]4(C)[C@H]3CC[C@]12C. The van der Waals surface area contributed by atoms with Crippen LogP contribution in [0.4, 0.5) is 0 Å². The first kappa shape index (κ1) is 42.4. The highest BCUT2D eigenvalue weighted by Crippen LogP contribution is 2.68. The maximum absolute atomic E-state index is 13.6. The lowest BCUT2D eigenvalue weighted by Crippen LogP contribution is -2.63. The molecule has 0 radical (unpaired) electrons. The Morgan fingerprint density at radius 3 is 2.00 bits per heavy atom. The molecule has 5 N–H and O–H groups in total. The second kappa shape index (κ2) is 17.4. The van der Waals surface area contributed by atoms with Gasteiger partial charge >= 0.3 is 5.97 Å². The summed E-state index contributed by atoms with van der Waals surface area (Å²) in [7, 11) is 0. The quantitative estimate of drug-likeness (QED) is 0.0632. The molecule has 0 aliphatic heterocycles. The maximum atomic E-state index is 13.6. The van der Waals surface area contributed by atoms with E-state index in [2.05, 4.69) is 6.92 Å². The van der Waals surface area contributed by atoms with Gasteiger partial charge in [-0.1, -0.05) is 97.8 Å². The Labute approximate surface area is 309 Å². The molecule has 4 rings (SSSR count). The Morgan fingerprint density at radius 1 is 0.863 bits per heavy atom. The van der Waals surface area contributed by atoms with Crippen molar-refractivity contribution in [3.8, 4) is 0 Å². The number of rotatable bonds is 20. The molecule has 0 aromatic rings. The Bertz CT molecular complexity index is 1190. The maximum Gasteiger partial charge on any atom is 0.306 e. The number of fused-ring (bicyclic) bond motifs is 5. The zero-order valence-corrected chi connectivity index (χ0v) is 33.1. The number of allylic oxidation sites excluding steroid dienone is 1. The van der Waals surface area contributed by atoms with E-state index in [4.69, 9.17) is 4.74 Å². The molecule has 10 atom stereocenters. The molecule has 0 amide bonds. The Balaban J connectivity index is 1.37. The smallest absolute Gasteiger partial charge is 0.306 e. The average molecular weight is 719 g/mol. The van der Waals surface area contributed by atoms with Crippen LogP contribution in [0.15, 0.2) is 11.6 Å². The summed E-state index contributed by atoms with van der Waals surface area (Å²) in [5, 5.41) is 56.8. The van der Waals surface area contributed by atoms with Crippen molar-refractivity contribution in [2.75, 3.05) is 0 Å². The van der Waals surface area contributed by atoms with Crippen LogP contribution >= 0.6 is 0 Å². The molecule has 8 heteroatoms. The first-order valence-corrected chi connectivity index (χ1v) is 20.9. The molecule has 1 unspecified atom stereocenters. The van der Waals surface area contributed by atoms with Crippen molar-refractivity contribution >= 4 is 11.8 Å². The molecule has 3 saturated carbocycles. The Hall–Kier alpha value is -1.32. The van der Waals surface area contributed by atoms with Crippen LogP contribution in [0.3, 0.4) is 0 Å². The number of carbonyl (C=O) groups is 2. The van der Waals surface area contributed by atoms with E-state index in [1.165, 1.54) is 64.2 Å². The van der Waals surface area contributed by atoms with Crippen LogP contribution in [-0.4, -0.2) is 72.4 Å². The van der Waals surface area contributed by atoms with E-state index in [0.29, 0.717) is 44.1 Å². The number of hydrogen-bond acceptors (Lipinski definition) is 8. The lowest BCUT2D eigenvalue weighted by molar-refractivity contribution is -0.194. The number of ether oxygens (including phenoxy) is 1. The Morgan fingerprint density at radius 2 is 1.43 bits per heavy atom. The molecule has 0 spiro atoms. The molecular formula is C43H74O8. The highest BCUT2D eigenvalue weighted by Gasteiger charge is 2.69. The number of ketones is 1. The van der Waals surface area contributed by atoms with Gasteiger partial charge in [-0.3, -0.25) is 9.59 Å². The number of hydrogen-bond donors (Lipinski definition) is 5. The van der Waals surface area contributed by atoms with Gasteiger partial charge in [-0.05, 0) is 107 Å². The lowest BCUT2D eigenvalue weighted by atomic mass is 9.45. The molecule has 51 heavy (non-hydrogen) atoms. The molecule has 294 valence electrons. The van der Waals surface area contributed by atoms with Crippen molar-refractivity contribution in [2.24, 2.45) is 28.6 Å². The number of unbranched alkanes of at least 4 members (excludes halogenated alkanes) is 12. The molecule has 4 aliphatic carbocycles. The van der Waals surface area contributed by atoms with Gasteiger partial charge in [0.1, 0.15) is 11.7 Å². The number of aliphatic hydroxyl groups excluding tert-OH is 2. The van der Waals surface area contributed by atoms with E-state index in [-0.39, 0.29) is 36.9 Å². The second-order valence-electron chi connectivity index (χ2n) is 18.6. The lowest BCUT2D eigenvalue weighted by Gasteiger charge is -2.60. The van der Waals surface area contributed by atoms with E-state index >= 15 is 0 Å². The zero-order valence-electron chi connectivity index (χ0n) is 33.1. The first-order valence-electron chi connectivity index (χ1n) is 20.9. The van der Waals surface area contributed by atoms with Crippen LogP contribution in [0.2, 0.25) is 0 Å². The number of aliphatic hydroxyl groups is 5. The molecule has 4 aliphatic rings. The summed E-state index contributed by atoms with van der Waals surface area (Å²) >= 11 is 0. The minimum atomic E-state index is -1.49. The summed E-state index contributed by atoms with van der Waals surface area (Å²) in [6.07, 6.45) is 18.4. The third kappa shape index (κ3) is 9.50. The van der Waals surface area contributed by atoms with Crippen LogP contribution in [0.5, 0.6) is 0 Å². The van der Waals surface area contributed by atoms with E-state index in [9.17, 15) is 35.1 Å². The third-order valence-corrected chi connectivity index (χ3v) is 14.3. The molecule has 8 nitrogen and oxygen atoms in total. The molecule has 0 aromatic heterocycles. The first-order chi connectivity index (χ1) is 23.9. The molecule has 3 fully saturated rings. The molecular weight excluding hydrogens is 644 g/mol. The van der Waals surface area contributed by atoms with E-state index in [1.807, 2.05) is 13.8 Å². The van der Waals surface area contributed by atoms with Gasteiger partial charge in [-0.2, -0.15) is 0 Å². The predicted molar refractivity (Wildman–Crippen MR) is 201 cm³/mol. The summed E-state index contributed by atoms with van der Waals surface area (Å²) in [5.74, 6) is -1.38. The van der Waals surface area contributed by atoms with Crippen LogP contribution < -0.4 is 0 Å². The summed E-state index contributed by atoms with van der Waals surface area (Å²) in [6.45, 7) is 11.4. The van der Waals surface area contributed by atoms with Gasteiger partial charge in [-0.25, -0.2) is 0 Å². The summed E-state index contributed by atoms with van der Waals surface area (Å²) in [5.41, 5.74) is -4.49. The highest BCUT2D eigenvalue weighted by atomic mass is 16.6. The van der Waals surface area contributed by atoms with Crippen LogP contribution in [0.1, 0.15) is 183 Å². The third-order valence-electron chi connectivity index (χ3n) is 14.3. The van der Waals surface area contributed by atoms with Crippen molar-refractivity contribution in [3.05, 3.63) is 11.6 Å². The van der Waals surface area contributed by atoms with Crippen LogP contribution in [0.25, 0.3) is 0 Å². The summed E-state index contributed by atoms with van der Waals surface area (Å²) < 4.78 is 6.12. The standard InChI is InChI=1S/C43H74O8/c1-7-8-9-10-11-12-13-14-15-16-17-18-19-20-38(47)51-37(23-24-39(2,3)48)42(6,49)36-22-26-43(50)31-27-33(44)32-28-34(45)35(46)29-40(32,4)30(31)21-25-41(36,43)5/h27,30,32,34-37,45-46,48-50H,7-26,28-29H2,1-6H3/t30-,32-,34+,35-,36-,37?,40+,41+,42+,43+/m0/s1. The average Bonchev–Trinajstić information content (AvgIpc) is 3.34. The van der Waals surface area contributed by atoms with Gasteiger partial charge < -0.3 is 30.3 Å². The zero-order chi connectivity index (χ0) is 37.7. The number of esters is 1. The van der Waals surface area contributed by atoms with E-state index < -0.39 is 57.8 Å². The molecule has 0 saturated heterocycles. The van der Waals surface area contributed by atoms with Crippen molar-refractivity contribution < 1.29 is 39.9 Å². The van der Waals surface area contributed by atoms with E-state index in [0.717, 1.165) is 19.3 Å². The van der Waals surface area contributed by atoms with Crippen molar-refractivity contribution in [1.82, 2.24) is 0 Å². The second-order valence-corrected chi connectivity index (χ2v) is 18.6. The van der Waals surface area contributed by atoms with Gasteiger partial charge in [0.15, 0.2) is 5.78 Å². The van der Waals surface area contributed by atoms with Crippen LogP contribution in [-0.2, 0) is 14.3 Å². The van der Waals surface area contributed by atoms with Crippen LogP contribution in [0, 0.1) is 28.6 Å². The minimum Gasteiger partial charge on any atom is -0.459 e. The fraction of sp³-hybridized carbons (Fsp3) is 0.907. The van der Waals surface area contributed by atoms with Gasteiger partial charge in [-0.15, -0.1) is 0 Å². The fourth-order valence-electron chi connectivity index (χ4n) is 11.0. The normalized spacial score (nSPS) is 35.3. The fourth-order valence-corrected chi connectivity index (χ4v) is 11.0. The van der Waals surface area contributed by atoms with E-state index in [1.54, 1.807) is 26.8 Å². The Kier molecular flexibility index (Phi) is 14.5. The van der Waals surface area contributed by atoms with Gasteiger partial charge in [0.2, 0.25) is 0 Å². The largest absolute Gasteiger partial charge is 0.459 e. The minimum absolute atomic E-state index is 0.104. The topological polar surface area (TPSA) is 145 Å². The van der Waals surface area contributed by atoms with Gasteiger partial charge in [0.25, 0.3) is 0 Å². The molecule has 0 aromatic carbocycles.